The SMILES string of the molecule is Cl.Cn1cc(NC(=O)c2cc(NC(=O)Cn3ccnc3[N+](=O)[O-])cn2C)cc1C(=O)NCCC(=N)N. The number of rotatable bonds is 10. The molecule has 0 aromatic carbocycles. The van der Waals surface area contributed by atoms with Crippen LogP contribution in [0.5, 0.6) is 0 Å². The van der Waals surface area contributed by atoms with Crippen LogP contribution in [-0.2, 0) is 25.4 Å². The Morgan fingerprint density at radius 3 is 2.25 bits per heavy atom. The molecule has 0 atom stereocenters. The molecule has 3 aromatic rings. The number of hydrogen-bond acceptors (Lipinski definition) is 7. The summed E-state index contributed by atoms with van der Waals surface area (Å²) in [5, 5.41) is 26.1. The van der Waals surface area contributed by atoms with Gasteiger partial charge in [-0.3, -0.25) is 19.8 Å². The van der Waals surface area contributed by atoms with E-state index in [1.165, 1.54) is 35.3 Å². The monoisotopic (exact) mass is 520 g/mol. The predicted octanol–water partition coefficient (Wildman–Crippen LogP) is 0.837. The van der Waals surface area contributed by atoms with E-state index >= 15 is 0 Å². The maximum atomic E-state index is 12.8. The zero-order valence-electron chi connectivity index (χ0n) is 19.3. The van der Waals surface area contributed by atoms with E-state index in [4.69, 9.17) is 11.1 Å². The van der Waals surface area contributed by atoms with Crippen molar-refractivity contribution in [3.63, 3.8) is 0 Å². The minimum Gasteiger partial charge on any atom is -0.390 e. The summed E-state index contributed by atoms with van der Waals surface area (Å²) in [6.45, 7) is -0.110. The Hall–Kier alpha value is -4.66. The van der Waals surface area contributed by atoms with Crippen LogP contribution in [-0.4, -0.2) is 53.7 Å². The van der Waals surface area contributed by atoms with E-state index < -0.39 is 22.7 Å². The Balaban J connectivity index is 0.00000456. The molecule has 15 nitrogen and oxygen atoms in total. The molecule has 0 fully saturated rings. The Morgan fingerprint density at radius 1 is 1.08 bits per heavy atom. The molecule has 3 heterocycles. The van der Waals surface area contributed by atoms with Gasteiger partial charge in [-0.2, -0.15) is 0 Å². The van der Waals surface area contributed by atoms with Crippen LogP contribution in [0.4, 0.5) is 17.3 Å². The molecule has 6 N–H and O–H groups in total. The summed E-state index contributed by atoms with van der Waals surface area (Å²) in [5.41, 5.74) is 6.51. The lowest BCUT2D eigenvalue weighted by Crippen LogP contribution is -2.28. The second-order valence-electron chi connectivity index (χ2n) is 7.60. The fourth-order valence-corrected chi connectivity index (χ4v) is 3.27. The molecule has 0 bridgehead atoms. The van der Waals surface area contributed by atoms with Gasteiger partial charge in [0.05, 0.1) is 17.2 Å². The molecule has 0 aliphatic heterocycles. The predicted molar refractivity (Wildman–Crippen MR) is 132 cm³/mol. The summed E-state index contributed by atoms with van der Waals surface area (Å²) in [4.78, 5) is 51.2. The van der Waals surface area contributed by atoms with Crippen LogP contribution in [0.2, 0.25) is 0 Å². The van der Waals surface area contributed by atoms with Crippen molar-refractivity contribution in [2.75, 3.05) is 17.2 Å². The third-order valence-corrected chi connectivity index (χ3v) is 4.87. The van der Waals surface area contributed by atoms with Crippen molar-refractivity contribution < 1.29 is 19.3 Å². The summed E-state index contributed by atoms with van der Waals surface area (Å²) in [5.74, 6) is -1.88. The third kappa shape index (κ3) is 6.69. The topological polar surface area (TPSA) is 208 Å². The first-order valence-electron chi connectivity index (χ1n) is 10.3. The number of nitrogens with one attached hydrogen (secondary N) is 4. The molecule has 0 saturated heterocycles. The number of aryl methyl sites for hydroxylation is 2. The number of nitrogens with zero attached hydrogens (tertiary/aromatic N) is 5. The van der Waals surface area contributed by atoms with Crippen LogP contribution in [0.3, 0.4) is 0 Å². The number of anilines is 2. The normalized spacial score (nSPS) is 10.3. The molecule has 3 rings (SSSR count). The molecular formula is C20H25ClN10O5. The van der Waals surface area contributed by atoms with Crippen LogP contribution >= 0.6 is 12.4 Å². The number of nitrogens with two attached hydrogens (primary N) is 1. The highest BCUT2D eigenvalue weighted by Gasteiger charge is 2.19. The van der Waals surface area contributed by atoms with Gasteiger partial charge in [0, 0.05) is 39.5 Å². The number of carbonyl (C=O) groups is 3. The zero-order chi connectivity index (χ0) is 25.7. The highest BCUT2D eigenvalue weighted by atomic mass is 35.5. The molecule has 0 aliphatic rings. The van der Waals surface area contributed by atoms with Gasteiger partial charge in [0.2, 0.25) is 0 Å². The second kappa shape index (κ2) is 11.7. The molecule has 192 valence electrons. The van der Waals surface area contributed by atoms with Crippen LogP contribution in [0.15, 0.2) is 36.9 Å². The standard InChI is InChI=1S/C20H24N10O5.ClH/c1-27-10-13(8-14(27)18(32)23-4-3-16(21)22)26-19(33)15-7-12(9-28(15)2)25-17(31)11-29-6-5-24-20(29)30(34)35;/h5-10H,3-4,11H2,1-2H3,(H3,21,22)(H,23,32)(H,25,31)(H,26,33);1H. The number of nitro groups is 1. The molecule has 0 aliphatic carbocycles. The zero-order valence-corrected chi connectivity index (χ0v) is 20.2. The van der Waals surface area contributed by atoms with Gasteiger partial charge in [-0.05, 0) is 17.1 Å². The minimum absolute atomic E-state index is 0. The van der Waals surface area contributed by atoms with Crippen molar-refractivity contribution in [2.24, 2.45) is 19.8 Å². The molecule has 3 amide bonds. The number of carbonyl (C=O) groups excluding carboxylic acids is 3. The van der Waals surface area contributed by atoms with Crippen molar-refractivity contribution in [3.05, 3.63) is 58.4 Å². The first-order valence-corrected chi connectivity index (χ1v) is 10.3. The van der Waals surface area contributed by atoms with Gasteiger partial charge in [0.15, 0.2) is 6.54 Å². The van der Waals surface area contributed by atoms with E-state index in [9.17, 15) is 24.5 Å². The first kappa shape index (κ1) is 27.6. The Bertz CT molecular complexity index is 1310. The second-order valence-corrected chi connectivity index (χ2v) is 7.60. The highest BCUT2D eigenvalue weighted by molar-refractivity contribution is 6.05. The Morgan fingerprint density at radius 2 is 1.67 bits per heavy atom. The number of hydrogen-bond donors (Lipinski definition) is 5. The van der Waals surface area contributed by atoms with Crippen molar-refractivity contribution in [3.8, 4) is 0 Å². The van der Waals surface area contributed by atoms with Crippen LogP contribution in [0.25, 0.3) is 0 Å². The lowest BCUT2D eigenvalue weighted by Gasteiger charge is -2.04. The number of halogens is 1. The Labute approximate surface area is 210 Å². The van der Waals surface area contributed by atoms with E-state index in [-0.39, 0.29) is 49.4 Å². The maximum Gasteiger partial charge on any atom is 0.435 e. The molecule has 0 unspecified atom stereocenters. The van der Waals surface area contributed by atoms with E-state index in [1.54, 1.807) is 24.9 Å². The molecular weight excluding hydrogens is 496 g/mol. The molecule has 0 radical (unpaired) electrons. The van der Waals surface area contributed by atoms with Crippen LogP contribution in [0, 0.1) is 15.5 Å². The van der Waals surface area contributed by atoms with Crippen molar-refractivity contribution in [2.45, 2.75) is 13.0 Å². The van der Waals surface area contributed by atoms with Gasteiger partial charge in [-0.25, -0.2) is 4.57 Å². The number of amides is 3. The summed E-state index contributed by atoms with van der Waals surface area (Å²) in [6.07, 6.45) is 5.86. The van der Waals surface area contributed by atoms with Crippen molar-refractivity contribution in [1.29, 1.82) is 5.41 Å². The maximum absolute atomic E-state index is 12.8. The van der Waals surface area contributed by atoms with E-state index in [2.05, 4.69) is 20.9 Å². The highest BCUT2D eigenvalue weighted by Crippen LogP contribution is 2.18. The lowest BCUT2D eigenvalue weighted by molar-refractivity contribution is -0.396. The molecule has 0 saturated carbocycles. The summed E-state index contributed by atoms with van der Waals surface area (Å²) in [6, 6.07) is 2.96. The quantitative estimate of drug-likeness (QED) is 0.112. The van der Waals surface area contributed by atoms with Gasteiger partial charge < -0.3 is 40.9 Å². The smallest absolute Gasteiger partial charge is 0.390 e. The molecule has 3 aromatic heterocycles. The summed E-state index contributed by atoms with van der Waals surface area (Å²) < 4.78 is 4.14. The average molecular weight is 521 g/mol. The van der Waals surface area contributed by atoms with Crippen molar-refractivity contribution >= 4 is 53.3 Å². The summed E-state index contributed by atoms with van der Waals surface area (Å²) in [7, 11) is 3.26. The fraction of sp³-hybridized carbons (Fsp3) is 0.250. The number of aromatic nitrogens is 4. The van der Waals surface area contributed by atoms with Gasteiger partial charge in [-0.1, -0.05) is 4.98 Å². The van der Waals surface area contributed by atoms with Gasteiger partial charge >= 0.3 is 5.95 Å². The van der Waals surface area contributed by atoms with Gasteiger partial charge in [0.1, 0.15) is 23.8 Å². The van der Waals surface area contributed by atoms with E-state index in [1.807, 2.05) is 0 Å². The molecule has 16 heteroatoms. The van der Waals surface area contributed by atoms with E-state index in [0.717, 1.165) is 4.57 Å². The van der Waals surface area contributed by atoms with Crippen molar-refractivity contribution in [1.82, 2.24) is 24.0 Å². The number of amidine groups is 1. The third-order valence-electron chi connectivity index (χ3n) is 4.87. The molecule has 36 heavy (non-hydrogen) atoms. The fourth-order valence-electron chi connectivity index (χ4n) is 3.27. The van der Waals surface area contributed by atoms with Crippen LogP contribution < -0.4 is 21.7 Å². The first-order chi connectivity index (χ1) is 16.5. The van der Waals surface area contributed by atoms with Crippen LogP contribution in [0.1, 0.15) is 27.4 Å². The summed E-state index contributed by atoms with van der Waals surface area (Å²) >= 11 is 0. The molecule has 0 spiro atoms. The van der Waals surface area contributed by atoms with Gasteiger partial charge in [0.25, 0.3) is 17.7 Å². The lowest BCUT2D eigenvalue weighted by atomic mass is 10.3. The van der Waals surface area contributed by atoms with E-state index in [0.29, 0.717) is 17.1 Å². The average Bonchev–Trinajstić information content (AvgIpc) is 3.46. The van der Waals surface area contributed by atoms with Gasteiger partial charge in [-0.15, -0.1) is 12.4 Å². The largest absolute Gasteiger partial charge is 0.435 e. The minimum atomic E-state index is -0.691. The number of imidazole rings is 1. The Kier molecular flexibility index (Phi) is 8.93.